The molecule has 0 saturated heterocycles. The Morgan fingerprint density at radius 3 is 1.69 bits per heavy atom. The number of hydrogen-bond acceptors (Lipinski definition) is 6. The maximum Gasteiger partial charge on any atom is 0.327 e. The van der Waals surface area contributed by atoms with Crippen LogP contribution < -0.4 is 0 Å². The fraction of sp³-hybridized carbons (Fsp3) is 0.0741. The maximum absolute atomic E-state index is 17.2. The molecule has 4 rings (SSSR count). The van der Waals surface area contributed by atoms with Gasteiger partial charge in [0.25, 0.3) is 0 Å². The third-order valence-electron chi connectivity index (χ3n) is 5.72. The van der Waals surface area contributed by atoms with E-state index >= 15 is 4.39 Å². The van der Waals surface area contributed by atoms with Crippen molar-refractivity contribution in [2.75, 3.05) is 0 Å². The van der Waals surface area contributed by atoms with Crippen LogP contribution in [-0.4, -0.2) is 27.0 Å². The Morgan fingerprint density at radius 1 is 0.778 bits per heavy atom. The Balaban J connectivity index is 1.90. The number of thiophene rings is 1. The Bertz CT molecular complexity index is 1510. The third kappa shape index (κ3) is 4.23. The summed E-state index contributed by atoms with van der Waals surface area (Å²) in [6.45, 7) is 3.58. The van der Waals surface area contributed by atoms with Crippen LogP contribution >= 0.6 is 11.3 Å². The zero-order valence-corrected chi connectivity index (χ0v) is 21.3. The molecule has 0 spiro atoms. The first kappa shape index (κ1) is 25.7. The van der Waals surface area contributed by atoms with Crippen molar-refractivity contribution in [2.24, 2.45) is 0 Å². The number of allylic oxidation sites excluding steroid dienone is 1. The van der Waals surface area contributed by atoms with Crippen molar-refractivity contribution in [1.82, 2.24) is 0 Å². The summed E-state index contributed by atoms with van der Waals surface area (Å²) in [7, 11) is -10.2. The summed E-state index contributed by atoms with van der Waals surface area (Å²) < 4.78 is 68.3. The lowest BCUT2D eigenvalue weighted by molar-refractivity contribution is 0.104. The molecule has 1 unspecified atom stereocenters. The molecule has 184 valence electrons. The van der Waals surface area contributed by atoms with E-state index in [1.807, 2.05) is 0 Å². The van der Waals surface area contributed by atoms with Gasteiger partial charge in [-0.3, -0.25) is 4.79 Å². The molecule has 0 bridgehead atoms. The zero-order chi connectivity index (χ0) is 26.0. The van der Waals surface area contributed by atoms with Gasteiger partial charge in [-0.05, 0) is 41.3 Å². The number of hydrogen-bond donors (Lipinski definition) is 0. The zero-order valence-electron chi connectivity index (χ0n) is 18.8. The van der Waals surface area contributed by atoms with Crippen molar-refractivity contribution in [1.29, 1.82) is 0 Å². The predicted molar refractivity (Wildman–Crippen MR) is 138 cm³/mol. The van der Waals surface area contributed by atoms with Gasteiger partial charge in [-0.2, -0.15) is 0 Å². The van der Waals surface area contributed by atoms with E-state index in [1.165, 1.54) is 59.9 Å². The molecule has 1 atom stereocenters. The fourth-order valence-electron chi connectivity index (χ4n) is 3.87. The van der Waals surface area contributed by atoms with E-state index in [9.17, 15) is 21.6 Å². The number of sulfone groups is 2. The fourth-order valence-corrected chi connectivity index (χ4v) is 9.09. The van der Waals surface area contributed by atoms with E-state index < -0.39 is 39.7 Å². The predicted octanol–water partition coefficient (Wildman–Crippen LogP) is 5.82. The number of rotatable bonds is 9. The van der Waals surface area contributed by atoms with E-state index in [4.69, 9.17) is 0 Å². The number of alkyl halides is 1. The van der Waals surface area contributed by atoms with Crippen molar-refractivity contribution in [2.45, 2.75) is 20.0 Å². The van der Waals surface area contributed by atoms with Crippen LogP contribution in [0.5, 0.6) is 0 Å². The third-order valence-corrected chi connectivity index (χ3v) is 11.7. The minimum atomic E-state index is -5.12. The summed E-state index contributed by atoms with van der Waals surface area (Å²) in [6.07, 6.45) is 0.969. The second-order valence-corrected chi connectivity index (χ2v) is 13.2. The number of carbonyl (C=O) groups is 1. The van der Waals surface area contributed by atoms with Gasteiger partial charge in [0, 0.05) is 5.56 Å². The van der Waals surface area contributed by atoms with Gasteiger partial charge in [-0.25, -0.2) is 21.2 Å². The van der Waals surface area contributed by atoms with Gasteiger partial charge in [-0.1, -0.05) is 72.8 Å². The summed E-state index contributed by atoms with van der Waals surface area (Å²) in [5.74, 6) is -2.06. The van der Waals surface area contributed by atoms with Crippen molar-refractivity contribution in [3.63, 3.8) is 0 Å². The summed E-state index contributed by atoms with van der Waals surface area (Å²) in [6, 6.07) is 22.1. The molecule has 0 aliphatic rings. The largest absolute Gasteiger partial charge is 0.327 e. The first-order chi connectivity index (χ1) is 17.1. The van der Waals surface area contributed by atoms with Crippen LogP contribution in [0.4, 0.5) is 4.39 Å². The quantitative estimate of drug-likeness (QED) is 0.197. The van der Waals surface area contributed by atoms with Gasteiger partial charge in [0.05, 0.1) is 20.6 Å². The average molecular weight is 541 g/mol. The molecule has 5 nitrogen and oxygen atoms in total. The monoisotopic (exact) mass is 540 g/mol. The number of halogens is 1. The normalized spacial score (nSPS) is 13.1. The second-order valence-electron chi connectivity index (χ2n) is 7.86. The van der Waals surface area contributed by atoms with E-state index in [1.54, 1.807) is 29.6 Å². The minimum Gasteiger partial charge on any atom is -0.288 e. The highest BCUT2D eigenvalue weighted by Crippen LogP contribution is 2.47. The molecular formula is C27H21FO5S3. The smallest absolute Gasteiger partial charge is 0.288 e. The second kappa shape index (κ2) is 9.93. The molecular weight excluding hydrogens is 519 g/mol. The summed E-state index contributed by atoms with van der Waals surface area (Å²) in [5, 5.41) is 1.76. The molecule has 0 radical (unpaired) electrons. The minimum absolute atomic E-state index is 0.0363. The van der Waals surface area contributed by atoms with Crippen LogP contribution in [0.15, 0.2) is 125 Å². The van der Waals surface area contributed by atoms with Crippen molar-refractivity contribution < 1.29 is 26.0 Å². The molecule has 0 saturated carbocycles. The molecule has 0 fully saturated rings. The van der Waals surface area contributed by atoms with Crippen LogP contribution in [0.3, 0.4) is 0 Å². The Morgan fingerprint density at radius 2 is 1.28 bits per heavy atom. The summed E-state index contributed by atoms with van der Waals surface area (Å²) in [4.78, 5) is 12.2. The van der Waals surface area contributed by atoms with E-state index in [0.29, 0.717) is 10.4 Å². The van der Waals surface area contributed by atoms with Crippen LogP contribution in [0.25, 0.3) is 0 Å². The van der Waals surface area contributed by atoms with Gasteiger partial charge in [0.1, 0.15) is 0 Å². The molecule has 4 aromatic rings. The Kier molecular flexibility index (Phi) is 7.08. The molecule has 0 amide bonds. The van der Waals surface area contributed by atoms with E-state index in [2.05, 4.69) is 6.58 Å². The lowest BCUT2D eigenvalue weighted by atomic mass is 9.97. The van der Waals surface area contributed by atoms with Gasteiger partial charge >= 0.3 is 4.33 Å². The molecule has 0 N–H and O–H groups in total. The Hall–Kier alpha value is -3.40. The van der Waals surface area contributed by atoms with Crippen molar-refractivity contribution >= 4 is 36.8 Å². The molecule has 3 aromatic carbocycles. The molecule has 1 aromatic heterocycles. The highest BCUT2D eigenvalue weighted by molar-refractivity contribution is 8.10. The topological polar surface area (TPSA) is 85.3 Å². The number of ketones is 1. The molecule has 1 heterocycles. The number of carbonyl (C=O) groups excluding carboxylic acids is 1. The van der Waals surface area contributed by atoms with Gasteiger partial charge in [-0.15, -0.1) is 17.9 Å². The van der Waals surface area contributed by atoms with E-state index in [0.717, 1.165) is 30.3 Å². The molecule has 36 heavy (non-hydrogen) atoms. The molecule has 9 heteroatoms. The molecule has 0 aliphatic heterocycles. The summed E-state index contributed by atoms with van der Waals surface area (Å²) >= 11 is 1.26. The van der Waals surface area contributed by atoms with E-state index in [-0.39, 0.29) is 11.3 Å². The van der Waals surface area contributed by atoms with Gasteiger partial charge in [0.15, 0.2) is 0 Å². The van der Waals surface area contributed by atoms with Crippen molar-refractivity contribution in [3.05, 3.63) is 131 Å². The lowest BCUT2D eigenvalue weighted by Gasteiger charge is -2.31. The highest BCUT2D eigenvalue weighted by atomic mass is 32.3. The molecule has 0 aliphatic carbocycles. The Labute approximate surface area is 213 Å². The highest BCUT2D eigenvalue weighted by Gasteiger charge is 2.62. The number of benzene rings is 3. The SMILES string of the molecule is C=CC(c1ccc(C(=O)c2cccs2)cc1)C(F)(S(=O)(=O)c1ccccc1)S(=O)(=O)c1ccccc1. The van der Waals surface area contributed by atoms with Gasteiger partial charge < -0.3 is 0 Å². The lowest BCUT2D eigenvalue weighted by Crippen LogP contribution is -2.47. The standard InChI is InChI=1S/C27H21FO5S3/c1-2-24(20-15-17-21(18-16-20)26(29)25-14-9-19-34-25)27(28,35(30,31)22-10-5-3-6-11-22)36(32,33)23-12-7-4-8-13-23/h2-19,24H,1H2. The summed E-state index contributed by atoms with van der Waals surface area (Å²) in [5.41, 5.74) is 0.333. The first-order valence-corrected chi connectivity index (χ1v) is 14.6. The maximum atomic E-state index is 17.2. The van der Waals surface area contributed by atoms with Crippen LogP contribution in [0.1, 0.15) is 26.7 Å². The van der Waals surface area contributed by atoms with Crippen molar-refractivity contribution in [3.8, 4) is 0 Å². The van der Waals surface area contributed by atoms with Crippen LogP contribution in [0.2, 0.25) is 0 Å². The average Bonchev–Trinajstić information content (AvgIpc) is 3.45. The van der Waals surface area contributed by atoms with Gasteiger partial charge in [0.2, 0.25) is 25.5 Å². The van der Waals surface area contributed by atoms with Crippen LogP contribution in [0, 0.1) is 0 Å². The van der Waals surface area contributed by atoms with Crippen LogP contribution in [-0.2, 0) is 19.7 Å². The first-order valence-electron chi connectivity index (χ1n) is 10.7.